The number of fused-ring (bicyclic) bond motifs is 1. The number of hydrogen-bond acceptors (Lipinski definition) is 6. The summed E-state index contributed by atoms with van der Waals surface area (Å²) in [6.45, 7) is 1.47. The highest BCUT2D eigenvalue weighted by Gasteiger charge is 2.24. The number of hydrogen-bond donors (Lipinski definition) is 0. The third-order valence-electron chi connectivity index (χ3n) is 4.16. The predicted molar refractivity (Wildman–Crippen MR) is 99.1 cm³/mol. The predicted octanol–water partition coefficient (Wildman–Crippen LogP) is 2.66. The molecule has 1 aromatic carbocycles. The number of anilines is 1. The molecule has 25 heavy (non-hydrogen) atoms. The highest BCUT2D eigenvalue weighted by atomic mass is 32.2. The van der Waals surface area contributed by atoms with Gasteiger partial charge in [-0.3, -0.25) is 4.79 Å². The quantitative estimate of drug-likeness (QED) is 0.623. The molecule has 6 nitrogen and oxygen atoms in total. The molecule has 1 aliphatic heterocycles. The summed E-state index contributed by atoms with van der Waals surface area (Å²) in [6.07, 6.45) is 1.81. The number of thiophene rings is 1. The average molecular weight is 371 g/mol. The SMILES string of the molecule is O=C(CSc1nnnn1CCc1cccs1)N1CCc2ccccc21. The molecule has 1 amide bonds. The number of carbonyl (C=O) groups is 1. The Labute approximate surface area is 153 Å². The first-order chi connectivity index (χ1) is 12.3. The van der Waals surface area contributed by atoms with Gasteiger partial charge in [-0.25, -0.2) is 4.68 Å². The summed E-state index contributed by atoms with van der Waals surface area (Å²) >= 11 is 3.13. The number of benzene rings is 1. The topological polar surface area (TPSA) is 63.9 Å². The molecule has 4 rings (SSSR count). The number of tetrazole rings is 1. The number of carbonyl (C=O) groups excluding carboxylic acids is 1. The van der Waals surface area contributed by atoms with Crippen LogP contribution in [0.5, 0.6) is 0 Å². The van der Waals surface area contributed by atoms with Crippen LogP contribution >= 0.6 is 23.1 Å². The average Bonchev–Trinajstić information content (AvgIpc) is 3.38. The van der Waals surface area contributed by atoms with E-state index in [-0.39, 0.29) is 5.91 Å². The number of rotatable bonds is 6. The van der Waals surface area contributed by atoms with Crippen molar-refractivity contribution in [3.05, 3.63) is 52.2 Å². The molecule has 0 saturated heterocycles. The van der Waals surface area contributed by atoms with Crippen LogP contribution in [0.4, 0.5) is 5.69 Å². The Kier molecular flexibility index (Phi) is 4.80. The zero-order valence-electron chi connectivity index (χ0n) is 13.5. The Balaban J connectivity index is 1.36. The molecule has 0 fully saturated rings. The van der Waals surface area contributed by atoms with Gasteiger partial charge in [0.2, 0.25) is 11.1 Å². The van der Waals surface area contributed by atoms with Crippen molar-refractivity contribution < 1.29 is 4.79 Å². The van der Waals surface area contributed by atoms with Gasteiger partial charge >= 0.3 is 0 Å². The molecular formula is C17H17N5OS2. The Hall–Kier alpha value is -2.19. The van der Waals surface area contributed by atoms with Crippen LogP contribution in [0.25, 0.3) is 0 Å². The van der Waals surface area contributed by atoms with Gasteiger partial charge in [-0.1, -0.05) is 36.0 Å². The number of aromatic nitrogens is 4. The lowest BCUT2D eigenvalue weighted by Gasteiger charge is -2.16. The molecule has 0 bridgehead atoms. The molecule has 0 aliphatic carbocycles. The first kappa shape index (κ1) is 16.3. The third-order valence-corrected chi connectivity index (χ3v) is 6.04. The van der Waals surface area contributed by atoms with Crippen molar-refractivity contribution in [3.8, 4) is 0 Å². The molecular weight excluding hydrogens is 354 g/mol. The fraction of sp³-hybridized carbons (Fsp3) is 0.294. The van der Waals surface area contributed by atoms with Crippen LogP contribution in [0.2, 0.25) is 0 Å². The normalized spacial score (nSPS) is 13.2. The minimum absolute atomic E-state index is 0.0998. The van der Waals surface area contributed by atoms with Crippen LogP contribution in [0.1, 0.15) is 10.4 Å². The van der Waals surface area contributed by atoms with E-state index in [0.717, 1.165) is 31.6 Å². The van der Waals surface area contributed by atoms with E-state index < -0.39 is 0 Å². The molecule has 0 N–H and O–H groups in total. The lowest BCUT2D eigenvalue weighted by Crippen LogP contribution is -2.30. The van der Waals surface area contributed by atoms with Crippen LogP contribution < -0.4 is 4.90 Å². The Bertz CT molecular complexity index is 862. The van der Waals surface area contributed by atoms with E-state index in [1.54, 1.807) is 16.0 Å². The molecule has 0 spiro atoms. The van der Waals surface area contributed by atoms with Crippen molar-refractivity contribution in [1.82, 2.24) is 20.2 Å². The highest BCUT2D eigenvalue weighted by Crippen LogP contribution is 2.28. The summed E-state index contributed by atoms with van der Waals surface area (Å²) in [7, 11) is 0. The van der Waals surface area contributed by atoms with Crippen LogP contribution in [-0.4, -0.2) is 38.4 Å². The Morgan fingerprint density at radius 1 is 1.24 bits per heavy atom. The fourth-order valence-corrected chi connectivity index (χ4v) is 4.39. The summed E-state index contributed by atoms with van der Waals surface area (Å²) in [4.78, 5) is 15.8. The van der Waals surface area contributed by atoms with Gasteiger partial charge in [0.25, 0.3) is 0 Å². The van der Waals surface area contributed by atoms with Crippen LogP contribution in [-0.2, 0) is 24.2 Å². The smallest absolute Gasteiger partial charge is 0.237 e. The van der Waals surface area contributed by atoms with Gasteiger partial charge in [-0.15, -0.1) is 16.4 Å². The van der Waals surface area contributed by atoms with Crippen LogP contribution in [0, 0.1) is 0 Å². The summed E-state index contributed by atoms with van der Waals surface area (Å²) in [5.41, 5.74) is 2.27. The van der Waals surface area contributed by atoms with E-state index in [2.05, 4.69) is 33.0 Å². The number of aryl methyl sites for hydroxylation is 2. The standard InChI is InChI=1S/C17H17N5OS2/c23-16(21-9-7-13-4-1-2-6-15(13)21)12-25-17-18-19-20-22(17)10-8-14-5-3-11-24-14/h1-6,11H,7-10,12H2. The van der Waals surface area contributed by atoms with E-state index >= 15 is 0 Å². The lowest BCUT2D eigenvalue weighted by molar-refractivity contribution is -0.116. The second kappa shape index (κ2) is 7.37. The number of nitrogens with zero attached hydrogens (tertiary/aromatic N) is 5. The largest absolute Gasteiger partial charge is 0.311 e. The van der Waals surface area contributed by atoms with E-state index in [9.17, 15) is 4.79 Å². The lowest BCUT2D eigenvalue weighted by atomic mass is 10.2. The molecule has 128 valence electrons. The van der Waals surface area contributed by atoms with Gasteiger partial charge in [0.1, 0.15) is 0 Å². The van der Waals surface area contributed by atoms with Crippen LogP contribution in [0.3, 0.4) is 0 Å². The van der Waals surface area contributed by atoms with Gasteiger partial charge < -0.3 is 4.90 Å². The van der Waals surface area contributed by atoms with Crippen molar-refractivity contribution in [2.45, 2.75) is 24.5 Å². The van der Waals surface area contributed by atoms with Crippen molar-refractivity contribution >= 4 is 34.7 Å². The van der Waals surface area contributed by atoms with E-state index in [1.165, 1.54) is 22.2 Å². The van der Waals surface area contributed by atoms with E-state index in [0.29, 0.717) is 10.9 Å². The summed E-state index contributed by atoms with van der Waals surface area (Å²) < 4.78 is 1.77. The maximum absolute atomic E-state index is 12.6. The molecule has 0 radical (unpaired) electrons. The molecule has 0 saturated carbocycles. The van der Waals surface area contributed by atoms with Crippen molar-refractivity contribution in [1.29, 1.82) is 0 Å². The maximum atomic E-state index is 12.6. The number of thioether (sulfide) groups is 1. The molecule has 2 aromatic heterocycles. The maximum Gasteiger partial charge on any atom is 0.237 e. The van der Waals surface area contributed by atoms with Crippen molar-refractivity contribution in [2.24, 2.45) is 0 Å². The van der Waals surface area contributed by atoms with Crippen molar-refractivity contribution in [3.63, 3.8) is 0 Å². The molecule has 0 unspecified atom stereocenters. The van der Waals surface area contributed by atoms with Crippen LogP contribution in [0.15, 0.2) is 46.9 Å². The van der Waals surface area contributed by atoms with Gasteiger partial charge in [0, 0.05) is 23.5 Å². The second-order valence-corrected chi connectivity index (χ2v) is 7.70. The zero-order valence-corrected chi connectivity index (χ0v) is 15.2. The van der Waals surface area contributed by atoms with Crippen molar-refractivity contribution in [2.75, 3.05) is 17.2 Å². The van der Waals surface area contributed by atoms with Gasteiger partial charge in [0.15, 0.2) is 0 Å². The number of amides is 1. The fourth-order valence-electron chi connectivity index (χ4n) is 2.91. The Morgan fingerprint density at radius 3 is 3.04 bits per heavy atom. The monoisotopic (exact) mass is 371 g/mol. The molecule has 3 aromatic rings. The molecule has 0 atom stereocenters. The second-order valence-electron chi connectivity index (χ2n) is 5.73. The highest BCUT2D eigenvalue weighted by molar-refractivity contribution is 7.99. The summed E-state index contributed by atoms with van der Waals surface area (Å²) in [6, 6.07) is 12.2. The summed E-state index contributed by atoms with van der Waals surface area (Å²) in [5.74, 6) is 0.441. The Morgan fingerprint density at radius 2 is 2.16 bits per heavy atom. The first-order valence-electron chi connectivity index (χ1n) is 8.11. The van der Waals surface area contributed by atoms with Gasteiger partial charge in [-0.05, 0) is 39.9 Å². The number of para-hydroxylation sites is 1. The minimum atomic E-state index is 0.0998. The van der Waals surface area contributed by atoms with E-state index in [4.69, 9.17) is 0 Å². The van der Waals surface area contributed by atoms with Gasteiger partial charge in [-0.2, -0.15) is 0 Å². The first-order valence-corrected chi connectivity index (χ1v) is 9.97. The van der Waals surface area contributed by atoms with Gasteiger partial charge in [0.05, 0.1) is 12.3 Å². The molecule has 1 aliphatic rings. The zero-order chi connectivity index (χ0) is 17.1. The third kappa shape index (κ3) is 3.59. The molecule has 8 heteroatoms. The summed E-state index contributed by atoms with van der Waals surface area (Å²) in [5, 5.41) is 14.6. The molecule has 3 heterocycles. The minimum Gasteiger partial charge on any atom is -0.311 e. The van der Waals surface area contributed by atoms with E-state index in [1.807, 2.05) is 29.2 Å².